The summed E-state index contributed by atoms with van der Waals surface area (Å²) >= 11 is 6.02. The van der Waals surface area contributed by atoms with Crippen LogP contribution in [0, 0.1) is 0 Å². The lowest BCUT2D eigenvalue weighted by Crippen LogP contribution is -2.24. The van der Waals surface area contributed by atoms with E-state index < -0.39 is 0 Å². The highest BCUT2D eigenvalue weighted by Gasteiger charge is 2.39. The summed E-state index contributed by atoms with van der Waals surface area (Å²) in [7, 11) is 1.52. The van der Waals surface area contributed by atoms with E-state index in [0.29, 0.717) is 22.8 Å². The molecule has 0 unspecified atom stereocenters. The van der Waals surface area contributed by atoms with E-state index in [4.69, 9.17) is 22.1 Å². The lowest BCUT2D eigenvalue weighted by Gasteiger charge is -2.14. The Bertz CT molecular complexity index is 388. The second-order valence-corrected chi connectivity index (χ2v) is 4.52. The third-order valence-electron chi connectivity index (χ3n) is 2.83. The van der Waals surface area contributed by atoms with E-state index in [1.54, 1.807) is 12.1 Å². The standard InChI is InChI=1S/C11H14ClNO2/c1-15-9-3-2-8(12)7(10(9)14)6-11(13)4-5-11/h2-3,14H,4-6,13H2,1H3. The number of phenols is 1. The largest absolute Gasteiger partial charge is 0.504 e. The fourth-order valence-electron chi connectivity index (χ4n) is 1.61. The maximum Gasteiger partial charge on any atom is 0.162 e. The van der Waals surface area contributed by atoms with Gasteiger partial charge in [0.05, 0.1) is 7.11 Å². The second-order valence-electron chi connectivity index (χ2n) is 4.12. The van der Waals surface area contributed by atoms with Crippen molar-refractivity contribution in [3.63, 3.8) is 0 Å². The van der Waals surface area contributed by atoms with Crippen LogP contribution in [-0.2, 0) is 6.42 Å². The molecule has 0 heterocycles. The van der Waals surface area contributed by atoms with Gasteiger partial charge in [0.1, 0.15) is 0 Å². The van der Waals surface area contributed by atoms with E-state index in [2.05, 4.69) is 0 Å². The molecule has 0 radical (unpaired) electrons. The summed E-state index contributed by atoms with van der Waals surface area (Å²) < 4.78 is 5.03. The average molecular weight is 228 g/mol. The van der Waals surface area contributed by atoms with Crippen molar-refractivity contribution in [2.45, 2.75) is 24.8 Å². The minimum atomic E-state index is -0.173. The molecule has 15 heavy (non-hydrogen) atoms. The van der Waals surface area contributed by atoms with Gasteiger partial charge in [-0.15, -0.1) is 0 Å². The van der Waals surface area contributed by atoms with Gasteiger partial charge in [0, 0.05) is 16.1 Å². The molecule has 1 aliphatic rings. The maximum absolute atomic E-state index is 9.90. The highest BCUT2D eigenvalue weighted by atomic mass is 35.5. The number of ether oxygens (including phenoxy) is 1. The van der Waals surface area contributed by atoms with Crippen molar-refractivity contribution < 1.29 is 9.84 Å². The number of aromatic hydroxyl groups is 1. The van der Waals surface area contributed by atoms with Crippen molar-refractivity contribution in [1.82, 2.24) is 0 Å². The zero-order chi connectivity index (χ0) is 11.1. The quantitative estimate of drug-likeness (QED) is 0.832. The van der Waals surface area contributed by atoms with E-state index in [1.807, 2.05) is 0 Å². The maximum atomic E-state index is 9.90. The van der Waals surface area contributed by atoms with Crippen molar-refractivity contribution in [2.75, 3.05) is 7.11 Å². The zero-order valence-electron chi connectivity index (χ0n) is 8.59. The Balaban J connectivity index is 2.35. The Morgan fingerprint density at radius 3 is 2.73 bits per heavy atom. The number of rotatable bonds is 3. The van der Waals surface area contributed by atoms with E-state index in [-0.39, 0.29) is 11.3 Å². The van der Waals surface area contributed by atoms with Gasteiger partial charge in [-0.1, -0.05) is 11.6 Å². The Hall–Kier alpha value is -0.930. The van der Waals surface area contributed by atoms with Crippen LogP contribution < -0.4 is 10.5 Å². The first kappa shape index (κ1) is 10.6. The van der Waals surface area contributed by atoms with Gasteiger partial charge < -0.3 is 15.6 Å². The topological polar surface area (TPSA) is 55.5 Å². The van der Waals surface area contributed by atoms with Crippen molar-refractivity contribution in [3.8, 4) is 11.5 Å². The first-order chi connectivity index (χ1) is 7.06. The Kier molecular flexibility index (Phi) is 2.52. The third kappa shape index (κ3) is 2.03. The minimum absolute atomic E-state index is 0.113. The van der Waals surface area contributed by atoms with Crippen molar-refractivity contribution in [1.29, 1.82) is 0 Å². The van der Waals surface area contributed by atoms with Crippen molar-refractivity contribution in [3.05, 3.63) is 22.7 Å². The summed E-state index contributed by atoms with van der Waals surface area (Å²) in [5, 5.41) is 10.4. The van der Waals surface area contributed by atoms with Crippen LogP contribution in [0.1, 0.15) is 18.4 Å². The van der Waals surface area contributed by atoms with E-state index >= 15 is 0 Å². The van der Waals surface area contributed by atoms with Crippen LogP contribution in [0.3, 0.4) is 0 Å². The van der Waals surface area contributed by atoms with Gasteiger partial charge >= 0.3 is 0 Å². The Morgan fingerprint density at radius 1 is 1.53 bits per heavy atom. The van der Waals surface area contributed by atoms with E-state index in [0.717, 1.165) is 12.8 Å². The fourth-order valence-corrected chi connectivity index (χ4v) is 1.83. The molecular weight excluding hydrogens is 214 g/mol. The van der Waals surface area contributed by atoms with Gasteiger partial charge in [0.25, 0.3) is 0 Å². The molecule has 0 amide bonds. The van der Waals surface area contributed by atoms with Gasteiger partial charge in [-0.25, -0.2) is 0 Å². The summed E-state index contributed by atoms with van der Waals surface area (Å²) in [4.78, 5) is 0. The molecule has 1 saturated carbocycles. The van der Waals surface area contributed by atoms with Crippen LogP contribution >= 0.6 is 11.6 Å². The van der Waals surface area contributed by atoms with Gasteiger partial charge in [-0.2, -0.15) is 0 Å². The number of benzene rings is 1. The fraction of sp³-hybridized carbons (Fsp3) is 0.455. The van der Waals surface area contributed by atoms with Crippen molar-refractivity contribution >= 4 is 11.6 Å². The van der Waals surface area contributed by atoms with Crippen LogP contribution in [0.5, 0.6) is 11.5 Å². The number of nitrogens with two attached hydrogens (primary N) is 1. The Morgan fingerprint density at radius 2 is 2.20 bits per heavy atom. The molecule has 4 heteroatoms. The van der Waals surface area contributed by atoms with Crippen LogP contribution in [0.15, 0.2) is 12.1 Å². The minimum Gasteiger partial charge on any atom is -0.504 e. The van der Waals surface area contributed by atoms with Gasteiger partial charge in [0.15, 0.2) is 11.5 Å². The lowest BCUT2D eigenvalue weighted by molar-refractivity contribution is 0.369. The first-order valence-electron chi connectivity index (χ1n) is 4.89. The molecule has 0 aromatic heterocycles. The molecule has 2 rings (SSSR count). The van der Waals surface area contributed by atoms with Crippen LogP contribution in [0.25, 0.3) is 0 Å². The van der Waals surface area contributed by atoms with Crippen molar-refractivity contribution in [2.24, 2.45) is 5.73 Å². The smallest absolute Gasteiger partial charge is 0.162 e. The molecule has 0 saturated heterocycles. The molecule has 1 aromatic rings. The summed E-state index contributed by atoms with van der Waals surface area (Å²) in [6.45, 7) is 0. The number of hydrogen-bond acceptors (Lipinski definition) is 3. The molecule has 0 spiro atoms. The second kappa shape index (κ2) is 3.58. The van der Waals surface area contributed by atoms with Crippen LogP contribution in [0.4, 0.5) is 0 Å². The predicted molar refractivity (Wildman–Crippen MR) is 59.5 cm³/mol. The van der Waals surface area contributed by atoms with Gasteiger partial charge in [-0.05, 0) is 31.4 Å². The van der Waals surface area contributed by atoms with Gasteiger partial charge in [0.2, 0.25) is 0 Å². The van der Waals surface area contributed by atoms with Crippen LogP contribution in [-0.4, -0.2) is 17.8 Å². The summed E-state index contributed by atoms with van der Waals surface area (Å²) in [6.07, 6.45) is 2.58. The third-order valence-corrected chi connectivity index (χ3v) is 3.18. The molecule has 0 aliphatic heterocycles. The number of methoxy groups -OCH3 is 1. The molecule has 0 atom stereocenters. The normalized spacial score (nSPS) is 17.5. The highest BCUT2D eigenvalue weighted by molar-refractivity contribution is 6.31. The van der Waals surface area contributed by atoms with E-state index in [9.17, 15) is 5.11 Å². The average Bonchev–Trinajstić information content (AvgIpc) is 2.92. The monoisotopic (exact) mass is 227 g/mol. The molecule has 1 aromatic carbocycles. The molecule has 82 valence electrons. The summed E-state index contributed by atoms with van der Waals surface area (Å²) in [5.74, 6) is 0.556. The number of halogens is 1. The molecule has 3 N–H and O–H groups in total. The Labute approximate surface area is 93.8 Å². The summed E-state index contributed by atoms with van der Waals surface area (Å²) in [5.41, 5.74) is 6.51. The SMILES string of the molecule is COc1ccc(Cl)c(CC2(N)CC2)c1O. The first-order valence-corrected chi connectivity index (χ1v) is 5.27. The molecule has 0 bridgehead atoms. The molecule has 1 aliphatic carbocycles. The summed E-state index contributed by atoms with van der Waals surface area (Å²) in [6, 6.07) is 3.37. The highest BCUT2D eigenvalue weighted by Crippen LogP contribution is 2.42. The molecular formula is C11H14ClNO2. The van der Waals surface area contributed by atoms with E-state index in [1.165, 1.54) is 7.11 Å². The number of phenolic OH excluding ortho intramolecular Hbond substituents is 1. The number of hydrogen-bond donors (Lipinski definition) is 2. The lowest BCUT2D eigenvalue weighted by atomic mass is 10.0. The zero-order valence-corrected chi connectivity index (χ0v) is 9.34. The molecule has 1 fully saturated rings. The van der Waals surface area contributed by atoms with Crippen LogP contribution in [0.2, 0.25) is 5.02 Å². The van der Waals surface area contributed by atoms with Gasteiger partial charge in [-0.3, -0.25) is 0 Å². The molecule has 3 nitrogen and oxygen atoms in total. The predicted octanol–water partition coefficient (Wildman–Crippen LogP) is 2.09.